The number of nitriles is 1. The van der Waals surface area contributed by atoms with E-state index in [1.165, 1.54) is 10.8 Å². The molecule has 0 aliphatic carbocycles. The Labute approximate surface area is 103 Å². The van der Waals surface area contributed by atoms with Crippen LogP contribution in [0.25, 0.3) is 10.8 Å². The number of nitrogens with zero attached hydrogens (tertiary/aromatic N) is 1. The molecular weight excluding hydrogens is 206 g/mol. The normalized spacial score (nSPS) is 14.2. The van der Waals surface area contributed by atoms with Gasteiger partial charge in [-0.05, 0) is 28.3 Å². The topological polar surface area (TPSA) is 23.8 Å². The molecule has 2 aromatic carbocycles. The van der Waals surface area contributed by atoms with Gasteiger partial charge in [-0.25, -0.2) is 0 Å². The number of rotatable bonds is 3. The molecule has 0 fully saturated rings. The van der Waals surface area contributed by atoms with E-state index in [0.29, 0.717) is 5.92 Å². The van der Waals surface area contributed by atoms with Crippen molar-refractivity contribution in [1.82, 2.24) is 0 Å². The van der Waals surface area contributed by atoms with Crippen molar-refractivity contribution in [2.24, 2.45) is 5.92 Å². The number of fused-ring (bicyclic) bond motifs is 1. The van der Waals surface area contributed by atoms with Crippen molar-refractivity contribution in [2.75, 3.05) is 0 Å². The average Bonchev–Trinajstić information content (AvgIpc) is 2.39. The molecule has 0 amide bonds. The summed E-state index contributed by atoms with van der Waals surface area (Å²) in [5.74, 6) is 0.408. The second kappa shape index (κ2) is 5.01. The van der Waals surface area contributed by atoms with E-state index in [1.807, 2.05) is 12.1 Å². The molecule has 0 saturated carbocycles. The van der Waals surface area contributed by atoms with Gasteiger partial charge in [-0.2, -0.15) is 5.26 Å². The van der Waals surface area contributed by atoms with Crippen LogP contribution in [0, 0.1) is 17.2 Å². The molecule has 0 saturated heterocycles. The molecule has 0 aromatic heterocycles. The molecule has 0 radical (unpaired) electrons. The van der Waals surface area contributed by atoms with Crippen LogP contribution in [0.15, 0.2) is 42.5 Å². The van der Waals surface area contributed by atoms with Crippen LogP contribution in [0.3, 0.4) is 0 Å². The summed E-state index contributed by atoms with van der Waals surface area (Å²) in [5.41, 5.74) is 1.14. The molecule has 2 atom stereocenters. The Kier molecular flexibility index (Phi) is 3.44. The van der Waals surface area contributed by atoms with Crippen LogP contribution in [-0.2, 0) is 0 Å². The van der Waals surface area contributed by atoms with Crippen LogP contribution in [0.5, 0.6) is 0 Å². The molecule has 2 rings (SSSR count). The third-order valence-corrected chi connectivity index (χ3v) is 3.48. The van der Waals surface area contributed by atoms with E-state index in [-0.39, 0.29) is 5.92 Å². The highest BCUT2D eigenvalue weighted by atomic mass is 14.3. The van der Waals surface area contributed by atoms with Gasteiger partial charge < -0.3 is 0 Å². The van der Waals surface area contributed by atoms with Crippen LogP contribution < -0.4 is 0 Å². The lowest BCUT2D eigenvalue weighted by Crippen LogP contribution is -2.06. The number of hydrogen-bond donors (Lipinski definition) is 0. The average molecular weight is 223 g/mol. The SMILES string of the molecule is CCC(C)C(C#N)c1ccc2ccccc2c1. The fourth-order valence-corrected chi connectivity index (χ4v) is 2.17. The molecule has 0 N–H and O–H groups in total. The predicted molar refractivity (Wildman–Crippen MR) is 71.8 cm³/mol. The highest BCUT2D eigenvalue weighted by molar-refractivity contribution is 5.83. The lowest BCUT2D eigenvalue weighted by Gasteiger charge is -2.16. The maximum absolute atomic E-state index is 9.30. The maximum Gasteiger partial charge on any atom is 0.0738 e. The Morgan fingerprint density at radius 2 is 1.82 bits per heavy atom. The summed E-state index contributed by atoms with van der Waals surface area (Å²) < 4.78 is 0. The minimum absolute atomic E-state index is 0.00426. The summed E-state index contributed by atoms with van der Waals surface area (Å²) in [6.07, 6.45) is 1.03. The quantitative estimate of drug-likeness (QED) is 0.752. The van der Waals surface area contributed by atoms with Gasteiger partial charge in [0.15, 0.2) is 0 Å². The zero-order valence-corrected chi connectivity index (χ0v) is 10.4. The van der Waals surface area contributed by atoms with E-state index >= 15 is 0 Å². The minimum Gasteiger partial charge on any atom is -0.198 e. The molecule has 86 valence electrons. The van der Waals surface area contributed by atoms with E-state index in [4.69, 9.17) is 0 Å². The second-order valence-electron chi connectivity index (χ2n) is 4.60. The summed E-state index contributed by atoms with van der Waals surface area (Å²) in [6, 6.07) is 17.1. The first kappa shape index (κ1) is 11.7. The van der Waals surface area contributed by atoms with Gasteiger partial charge in [0.05, 0.1) is 12.0 Å². The van der Waals surface area contributed by atoms with E-state index in [9.17, 15) is 5.26 Å². The Morgan fingerprint density at radius 1 is 1.12 bits per heavy atom. The molecule has 0 bridgehead atoms. The maximum atomic E-state index is 9.30. The van der Waals surface area contributed by atoms with Gasteiger partial charge in [0, 0.05) is 0 Å². The molecule has 17 heavy (non-hydrogen) atoms. The third kappa shape index (κ3) is 2.31. The van der Waals surface area contributed by atoms with Crippen LogP contribution in [0.1, 0.15) is 31.7 Å². The Bertz CT molecular complexity index is 551. The summed E-state index contributed by atoms with van der Waals surface area (Å²) in [7, 11) is 0. The Hall–Kier alpha value is -1.81. The van der Waals surface area contributed by atoms with Crippen molar-refractivity contribution in [3.63, 3.8) is 0 Å². The molecule has 1 nitrogen and oxygen atoms in total. The monoisotopic (exact) mass is 223 g/mol. The van der Waals surface area contributed by atoms with Crippen molar-refractivity contribution in [3.8, 4) is 6.07 Å². The first-order valence-electron chi connectivity index (χ1n) is 6.14. The molecule has 2 aromatic rings. The van der Waals surface area contributed by atoms with Crippen molar-refractivity contribution < 1.29 is 0 Å². The molecule has 0 heterocycles. The lowest BCUT2D eigenvalue weighted by atomic mass is 9.86. The molecule has 0 aliphatic heterocycles. The molecule has 2 unspecified atom stereocenters. The fraction of sp³-hybridized carbons (Fsp3) is 0.312. The van der Waals surface area contributed by atoms with Crippen LogP contribution in [-0.4, -0.2) is 0 Å². The summed E-state index contributed by atoms with van der Waals surface area (Å²) in [5, 5.41) is 11.8. The zero-order chi connectivity index (χ0) is 12.3. The van der Waals surface area contributed by atoms with Gasteiger partial charge in [0.2, 0.25) is 0 Å². The van der Waals surface area contributed by atoms with Crippen molar-refractivity contribution >= 4 is 10.8 Å². The summed E-state index contributed by atoms with van der Waals surface area (Å²) >= 11 is 0. The van der Waals surface area contributed by atoms with Crippen LogP contribution in [0.2, 0.25) is 0 Å². The summed E-state index contributed by atoms with van der Waals surface area (Å²) in [6.45, 7) is 4.28. The predicted octanol–water partition coefficient (Wildman–Crippen LogP) is 4.49. The smallest absolute Gasteiger partial charge is 0.0738 e. The zero-order valence-electron chi connectivity index (χ0n) is 10.4. The van der Waals surface area contributed by atoms with E-state index < -0.39 is 0 Å². The van der Waals surface area contributed by atoms with Gasteiger partial charge in [0.25, 0.3) is 0 Å². The van der Waals surface area contributed by atoms with E-state index in [2.05, 4.69) is 50.2 Å². The van der Waals surface area contributed by atoms with Gasteiger partial charge in [-0.3, -0.25) is 0 Å². The number of hydrogen-bond acceptors (Lipinski definition) is 1. The van der Waals surface area contributed by atoms with Gasteiger partial charge in [-0.1, -0.05) is 56.7 Å². The van der Waals surface area contributed by atoms with Gasteiger partial charge in [-0.15, -0.1) is 0 Å². The van der Waals surface area contributed by atoms with Crippen molar-refractivity contribution in [1.29, 1.82) is 5.26 Å². The Morgan fingerprint density at radius 3 is 2.47 bits per heavy atom. The van der Waals surface area contributed by atoms with Crippen LogP contribution >= 0.6 is 0 Å². The van der Waals surface area contributed by atoms with E-state index in [1.54, 1.807) is 0 Å². The van der Waals surface area contributed by atoms with Gasteiger partial charge >= 0.3 is 0 Å². The van der Waals surface area contributed by atoms with E-state index in [0.717, 1.165) is 12.0 Å². The highest BCUT2D eigenvalue weighted by Crippen LogP contribution is 2.28. The first-order valence-corrected chi connectivity index (χ1v) is 6.14. The van der Waals surface area contributed by atoms with Crippen molar-refractivity contribution in [3.05, 3.63) is 48.0 Å². The fourth-order valence-electron chi connectivity index (χ4n) is 2.17. The van der Waals surface area contributed by atoms with Crippen LogP contribution in [0.4, 0.5) is 0 Å². The lowest BCUT2D eigenvalue weighted by molar-refractivity contribution is 0.514. The molecular formula is C16H17N. The molecule has 0 spiro atoms. The Balaban J connectivity index is 2.45. The third-order valence-electron chi connectivity index (χ3n) is 3.48. The minimum atomic E-state index is 0.00426. The standard InChI is InChI=1S/C16H17N/c1-3-12(2)16(11-17)15-9-8-13-6-4-5-7-14(13)10-15/h4-10,12,16H,3H2,1-2H3. The highest BCUT2D eigenvalue weighted by Gasteiger charge is 2.17. The summed E-state index contributed by atoms with van der Waals surface area (Å²) in [4.78, 5) is 0. The largest absolute Gasteiger partial charge is 0.198 e. The van der Waals surface area contributed by atoms with Crippen molar-refractivity contribution in [2.45, 2.75) is 26.2 Å². The van der Waals surface area contributed by atoms with Gasteiger partial charge in [0.1, 0.15) is 0 Å². The first-order chi connectivity index (χ1) is 8.26. The molecule has 0 aliphatic rings. The second-order valence-corrected chi connectivity index (χ2v) is 4.60. The molecule has 1 heteroatoms. The number of benzene rings is 2.